The van der Waals surface area contributed by atoms with Crippen LogP contribution in [0, 0.1) is 5.92 Å². The van der Waals surface area contributed by atoms with Gasteiger partial charge < -0.3 is 19.2 Å². The highest BCUT2D eigenvalue weighted by Gasteiger charge is 2.48. The molecule has 0 aliphatic heterocycles. The van der Waals surface area contributed by atoms with Crippen molar-refractivity contribution < 1.29 is 4.74 Å². The van der Waals surface area contributed by atoms with Crippen molar-refractivity contribution in [1.82, 2.24) is 29.2 Å². The molecule has 44 heavy (non-hydrogen) atoms. The molecule has 1 atom stereocenters. The van der Waals surface area contributed by atoms with Gasteiger partial charge in [-0.25, -0.2) is 0 Å². The zero-order valence-corrected chi connectivity index (χ0v) is 29.0. The van der Waals surface area contributed by atoms with Gasteiger partial charge in [-0.3, -0.25) is 9.36 Å². The predicted molar refractivity (Wildman–Crippen MR) is 181 cm³/mol. The summed E-state index contributed by atoms with van der Waals surface area (Å²) >= 11 is 7.01. The first-order chi connectivity index (χ1) is 20.8. The van der Waals surface area contributed by atoms with E-state index in [0.29, 0.717) is 29.8 Å². The van der Waals surface area contributed by atoms with Gasteiger partial charge in [0.1, 0.15) is 24.4 Å². The molecule has 6 rings (SSSR count). The number of fused-ring (bicyclic) bond motifs is 1. The average molecular weight is 635 g/mol. The van der Waals surface area contributed by atoms with Crippen LogP contribution >= 0.6 is 11.6 Å². The summed E-state index contributed by atoms with van der Waals surface area (Å²) in [5, 5.41) is 13.9. The first kappa shape index (κ1) is 31.3. The van der Waals surface area contributed by atoms with E-state index in [1.807, 2.05) is 23.7 Å². The highest BCUT2D eigenvalue weighted by molar-refractivity contribution is 6.76. The third kappa shape index (κ3) is 5.72. The van der Waals surface area contributed by atoms with Gasteiger partial charge in [0.25, 0.3) is 5.56 Å². The fourth-order valence-electron chi connectivity index (χ4n) is 7.36. The molecule has 1 unspecified atom stereocenters. The molecule has 0 radical (unpaired) electrons. The van der Waals surface area contributed by atoms with E-state index in [1.54, 1.807) is 17.1 Å². The molecular formula is C34H47ClN6O2Si. The largest absolute Gasteiger partial charge is 0.361 e. The monoisotopic (exact) mass is 634 g/mol. The molecule has 0 saturated heterocycles. The Balaban J connectivity index is 1.43. The Labute approximate surface area is 266 Å². The van der Waals surface area contributed by atoms with Gasteiger partial charge in [-0.05, 0) is 81.7 Å². The first-order valence-corrected chi connectivity index (χ1v) is 20.1. The number of nitrogens with one attached hydrogen (secondary N) is 1. The van der Waals surface area contributed by atoms with Gasteiger partial charge in [0, 0.05) is 56.3 Å². The van der Waals surface area contributed by atoms with Crippen molar-refractivity contribution in [3.8, 4) is 5.69 Å². The number of aryl methyl sites for hydroxylation is 1. The molecule has 0 spiro atoms. The minimum atomic E-state index is -1.26. The van der Waals surface area contributed by atoms with Crippen LogP contribution in [0.15, 0.2) is 47.7 Å². The highest BCUT2D eigenvalue weighted by atomic mass is 35.5. The first-order valence-electron chi connectivity index (χ1n) is 16.1. The minimum absolute atomic E-state index is 0.0346. The maximum absolute atomic E-state index is 14.4. The van der Waals surface area contributed by atoms with Crippen LogP contribution in [0.3, 0.4) is 0 Å². The third-order valence-electron chi connectivity index (χ3n) is 9.94. The second kappa shape index (κ2) is 11.6. The molecule has 0 bridgehead atoms. The number of benzene rings is 1. The average Bonchev–Trinajstić information content (AvgIpc) is 3.54. The zero-order chi connectivity index (χ0) is 31.4. The van der Waals surface area contributed by atoms with Gasteiger partial charge in [-0.1, -0.05) is 50.3 Å². The van der Waals surface area contributed by atoms with Crippen molar-refractivity contribution in [2.45, 2.75) is 102 Å². The summed E-state index contributed by atoms with van der Waals surface area (Å²) in [4.78, 5) is 14.4. The van der Waals surface area contributed by atoms with Crippen LogP contribution in [0.2, 0.25) is 30.7 Å². The number of nitrogens with zero attached hydrogens (tertiary/aromatic N) is 5. The number of hydrogen-bond acceptors (Lipinski definition) is 5. The lowest BCUT2D eigenvalue weighted by Gasteiger charge is -2.46. The predicted octanol–water partition coefficient (Wildman–Crippen LogP) is 7.20. The molecule has 1 aromatic carbocycles. The topological polar surface area (TPSA) is 78.9 Å². The molecule has 2 aliphatic rings. The van der Waals surface area contributed by atoms with Crippen molar-refractivity contribution in [1.29, 1.82) is 0 Å². The van der Waals surface area contributed by atoms with E-state index in [4.69, 9.17) is 16.3 Å². The van der Waals surface area contributed by atoms with Crippen LogP contribution in [0.5, 0.6) is 0 Å². The van der Waals surface area contributed by atoms with Gasteiger partial charge in [0.05, 0.1) is 10.4 Å². The maximum Gasteiger partial charge on any atom is 0.279 e. The third-order valence-corrected chi connectivity index (χ3v) is 11.9. The molecule has 3 aromatic heterocycles. The van der Waals surface area contributed by atoms with Gasteiger partial charge in [-0.15, -0.1) is 10.2 Å². The molecule has 10 heteroatoms. The Morgan fingerprint density at radius 3 is 2.57 bits per heavy atom. The van der Waals surface area contributed by atoms with E-state index in [0.717, 1.165) is 59.9 Å². The quantitative estimate of drug-likeness (QED) is 0.139. The summed E-state index contributed by atoms with van der Waals surface area (Å²) < 4.78 is 12.1. The summed E-state index contributed by atoms with van der Waals surface area (Å²) in [6.45, 7) is 14.8. The minimum Gasteiger partial charge on any atom is -0.361 e. The van der Waals surface area contributed by atoms with Gasteiger partial charge in [0.2, 0.25) is 0 Å². The summed E-state index contributed by atoms with van der Waals surface area (Å²) in [5.74, 6) is 1.55. The number of halogens is 1. The van der Waals surface area contributed by atoms with Crippen LogP contribution in [-0.2, 0) is 23.9 Å². The molecule has 1 N–H and O–H groups in total. The normalized spacial score (nSPS) is 22.1. The van der Waals surface area contributed by atoms with Gasteiger partial charge >= 0.3 is 0 Å². The molecule has 2 fully saturated rings. The van der Waals surface area contributed by atoms with Crippen molar-refractivity contribution in [2.24, 2.45) is 13.0 Å². The Morgan fingerprint density at radius 2 is 1.95 bits per heavy atom. The Hall–Kier alpha value is -2.72. The van der Waals surface area contributed by atoms with Crippen molar-refractivity contribution in [2.75, 3.05) is 6.61 Å². The molecule has 8 nitrogen and oxygen atoms in total. The smallest absolute Gasteiger partial charge is 0.279 e. The molecular weight excluding hydrogens is 588 g/mol. The Morgan fingerprint density at radius 1 is 1.20 bits per heavy atom. The second-order valence-corrected chi connectivity index (χ2v) is 21.0. The van der Waals surface area contributed by atoms with E-state index in [1.165, 1.54) is 6.42 Å². The van der Waals surface area contributed by atoms with E-state index >= 15 is 0 Å². The van der Waals surface area contributed by atoms with Crippen LogP contribution < -0.4 is 10.9 Å². The molecule has 2 aliphatic carbocycles. The molecule has 4 aromatic rings. The number of rotatable bonds is 11. The summed E-state index contributed by atoms with van der Waals surface area (Å²) in [5.41, 5.74) is 3.33. The molecule has 236 valence electrons. The maximum atomic E-state index is 14.4. The molecule has 3 heterocycles. The van der Waals surface area contributed by atoms with Crippen molar-refractivity contribution >= 4 is 30.6 Å². The Kier molecular flexibility index (Phi) is 8.22. The summed E-state index contributed by atoms with van der Waals surface area (Å²) in [6, 6.07) is 11.5. The van der Waals surface area contributed by atoms with Crippen LogP contribution in [0.1, 0.15) is 76.0 Å². The second-order valence-electron chi connectivity index (χ2n) is 15.0. The summed E-state index contributed by atoms with van der Waals surface area (Å²) in [7, 11) is 0.740. The molecule has 2 saturated carbocycles. The standard InChI is InChI=1S/C34H47ClN6O2Si/c1-23-18-34(19-23,32-38-36-21-39(32)4)25-10-8-11-26(16-25)40-20-28(35)27-17-29(24(2)37-33(3)12-9-13-33)41(30(27)31(40)42)22-43-14-15-44(5,6)7/h8,10-11,16-17,20-21,23-24,37H,9,12-15,18-19,22H2,1-7H3. The lowest BCUT2D eigenvalue weighted by atomic mass is 9.58. The molecule has 0 amide bonds. The lowest BCUT2D eigenvalue weighted by molar-refractivity contribution is 0.0859. The summed E-state index contributed by atoms with van der Waals surface area (Å²) in [6.07, 6.45) is 9.07. The number of pyridine rings is 1. The van der Waals surface area contributed by atoms with Crippen molar-refractivity contribution in [3.63, 3.8) is 0 Å². The fourth-order valence-corrected chi connectivity index (χ4v) is 8.35. The van der Waals surface area contributed by atoms with Crippen LogP contribution in [-0.4, -0.2) is 44.1 Å². The highest BCUT2D eigenvalue weighted by Crippen LogP contribution is 2.51. The Bertz CT molecular complexity index is 1720. The lowest BCUT2D eigenvalue weighted by Crippen LogP contribution is -2.49. The van der Waals surface area contributed by atoms with E-state index in [-0.39, 0.29) is 22.6 Å². The number of hydrogen-bond donors (Lipinski definition) is 1. The van der Waals surface area contributed by atoms with Crippen molar-refractivity contribution in [3.05, 3.63) is 75.3 Å². The SMILES string of the molecule is CC1CC(c2cccc(-n3cc(Cl)c4cc(C(C)NC5(C)CCC5)n(COCC[Si](C)(C)C)c4c3=O)c2)(c2nncn2C)C1. The van der Waals surface area contributed by atoms with Crippen LogP contribution in [0.25, 0.3) is 16.6 Å². The van der Waals surface area contributed by atoms with Crippen LogP contribution in [0.4, 0.5) is 0 Å². The van der Waals surface area contributed by atoms with Gasteiger partial charge in [0.15, 0.2) is 0 Å². The van der Waals surface area contributed by atoms with E-state index < -0.39 is 8.07 Å². The fraction of sp³-hybridized carbons (Fsp3) is 0.559. The number of ether oxygens (including phenoxy) is 1. The zero-order valence-electron chi connectivity index (χ0n) is 27.3. The van der Waals surface area contributed by atoms with E-state index in [9.17, 15) is 4.79 Å². The van der Waals surface area contributed by atoms with E-state index in [2.05, 4.69) is 78.7 Å². The van der Waals surface area contributed by atoms with Gasteiger partial charge in [-0.2, -0.15) is 0 Å². The number of aromatic nitrogens is 5.